The first kappa shape index (κ1) is 22.0. The second-order valence-electron chi connectivity index (χ2n) is 9.99. The van der Waals surface area contributed by atoms with E-state index in [-0.39, 0.29) is 23.7 Å². The van der Waals surface area contributed by atoms with Gasteiger partial charge in [0.15, 0.2) is 0 Å². The molecular formula is C21H35N3O5. The lowest BCUT2D eigenvalue weighted by Gasteiger charge is -2.59. The maximum atomic E-state index is 13.2. The molecule has 0 aromatic heterocycles. The molecule has 3 unspecified atom stereocenters. The summed E-state index contributed by atoms with van der Waals surface area (Å²) in [6.45, 7) is 3.78. The summed E-state index contributed by atoms with van der Waals surface area (Å²) in [6, 6.07) is -0.674. The van der Waals surface area contributed by atoms with Gasteiger partial charge in [0.1, 0.15) is 12.1 Å². The van der Waals surface area contributed by atoms with Crippen molar-refractivity contribution in [3.63, 3.8) is 0 Å². The van der Waals surface area contributed by atoms with Crippen molar-refractivity contribution in [2.75, 3.05) is 7.05 Å². The quantitative estimate of drug-likeness (QED) is 0.301. The molecule has 0 heterocycles. The van der Waals surface area contributed by atoms with Crippen molar-refractivity contribution in [2.45, 2.75) is 70.9 Å². The zero-order chi connectivity index (χ0) is 21.3. The number of hydrogen-bond acceptors (Lipinski definition) is 5. The van der Waals surface area contributed by atoms with Crippen molar-refractivity contribution in [1.29, 1.82) is 0 Å². The van der Waals surface area contributed by atoms with Gasteiger partial charge in [-0.25, -0.2) is 5.48 Å². The average Bonchev–Trinajstić information content (AvgIpc) is 2.67. The highest BCUT2D eigenvalue weighted by atomic mass is 16.5. The molecule has 29 heavy (non-hydrogen) atoms. The van der Waals surface area contributed by atoms with Crippen molar-refractivity contribution in [3.8, 4) is 0 Å². The van der Waals surface area contributed by atoms with Crippen LogP contribution in [-0.4, -0.2) is 47.2 Å². The van der Waals surface area contributed by atoms with E-state index in [1.54, 1.807) is 7.05 Å². The number of carbonyl (C=O) groups is 3. The fraction of sp³-hybridized carbons (Fsp3) is 0.857. The molecule has 4 aliphatic carbocycles. The summed E-state index contributed by atoms with van der Waals surface area (Å²) in [7, 11) is 1.57. The molecule has 0 radical (unpaired) electrons. The van der Waals surface area contributed by atoms with Gasteiger partial charge in [0.25, 0.3) is 5.91 Å². The third-order valence-electron chi connectivity index (χ3n) is 7.32. The van der Waals surface area contributed by atoms with Crippen LogP contribution in [0.3, 0.4) is 0 Å². The number of hydroxylamine groups is 1. The maximum Gasteiger partial charge on any atom is 0.272 e. The van der Waals surface area contributed by atoms with Gasteiger partial charge in [-0.15, -0.1) is 0 Å². The maximum absolute atomic E-state index is 13.2. The molecule has 0 aliphatic heterocycles. The van der Waals surface area contributed by atoms with Crippen LogP contribution in [0.4, 0.5) is 0 Å². The molecule has 164 valence electrons. The van der Waals surface area contributed by atoms with Crippen molar-refractivity contribution in [2.24, 2.45) is 35.0 Å². The third-order valence-corrected chi connectivity index (χ3v) is 7.32. The van der Waals surface area contributed by atoms with Gasteiger partial charge < -0.3 is 15.7 Å². The first-order valence-electron chi connectivity index (χ1n) is 10.8. The van der Waals surface area contributed by atoms with Crippen molar-refractivity contribution >= 4 is 17.7 Å². The Balaban J connectivity index is 1.83. The number of rotatable bonds is 8. The largest absolute Gasteiger partial charge is 0.382 e. The Morgan fingerprint density at radius 3 is 1.90 bits per heavy atom. The van der Waals surface area contributed by atoms with E-state index < -0.39 is 29.9 Å². The molecule has 0 aromatic carbocycles. The monoisotopic (exact) mass is 409 g/mol. The molecule has 4 aliphatic rings. The second-order valence-corrected chi connectivity index (χ2v) is 9.99. The van der Waals surface area contributed by atoms with Crippen LogP contribution in [0, 0.1) is 35.0 Å². The minimum absolute atomic E-state index is 0.0462. The van der Waals surface area contributed by atoms with Crippen molar-refractivity contribution < 1.29 is 24.7 Å². The Bertz CT molecular complexity index is 615. The minimum Gasteiger partial charge on any atom is -0.382 e. The fourth-order valence-electron chi connectivity index (χ4n) is 6.56. The highest BCUT2D eigenvalue weighted by molar-refractivity contribution is 5.92. The smallest absolute Gasteiger partial charge is 0.272 e. The zero-order valence-electron chi connectivity index (χ0n) is 17.6. The molecule has 4 rings (SSSR count). The van der Waals surface area contributed by atoms with E-state index in [1.165, 1.54) is 24.7 Å². The van der Waals surface area contributed by atoms with Crippen LogP contribution >= 0.6 is 0 Å². The van der Waals surface area contributed by atoms with Crippen LogP contribution in [0.1, 0.15) is 58.8 Å². The Kier molecular flexibility index (Phi) is 6.53. The molecular weight excluding hydrogens is 374 g/mol. The van der Waals surface area contributed by atoms with Gasteiger partial charge in [-0.1, -0.05) is 13.8 Å². The number of nitrogens with one attached hydrogen (secondary N) is 3. The topological polar surface area (TPSA) is 128 Å². The zero-order valence-corrected chi connectivity index (χ0v) is 17.6. The molecule has 0 saturated heterocycles. The van der Waals surface area contributed by atoms with Crippen LogP contribution in [0.15, 0.2) is 0 Å². The van der Waals surface area contributed by atoms with E-state index in [1.807, 2.05) is 13.8 Å². The third kappa shape index (κ3) is 4.43. The highest BCUT2D eigenvalue weighted by Crippen LogP contribution is 2.61. The minimum atomic E-state index is -1.68. The van der Waals surface area contributed by atoms with Crippen LogP contribution in [0.5, 0.6) is 0 Å². The average molecular weight is 410 g/mol. The van der Waals surface area contributed by atoms with E-state index in [2.05, 4.69) is 10.6 Å². The second kappa shape index (κ2) is 8.60. The molecule has 4 fully saturated rings. The van der Waals surface area contributed by atoms with Gasteiger partial charge in [-0.05, 0) is 68.6 Å². The lowest BCUT2D eigenvalue weighted by Crippen LogP contribution is -2.63. The number of hydrogen-bond donors (Lipinski definition) is 5. The van der Waals surface area contributed by atoms with Gasteiger partial charge in [0.2, 0.25) is 11.8 Å². The summed E-state index contributed by atoms with van der Waals surface area (Å²) < 4.78 is 0. The standard InChI is InChI=1S/C21H35N3O5/c1-11(2)4-15(16(25)19(27)24-29)18(26)23-17(20(28)22-3)21-8-12-5-13(9-21)7-14(6-12)10-21/h11-17,25,29H,4-10H2,1-3H3,(H,22,28)(H,23,26)(H,24,27). The first-order valence-corrected chi connectivity index (χ1v) is 10.8. The number of likely N-dealkylation sites (N-methyl/N-ethyl adjacent to an activating group) is 1. The van der Waals surface area contributed by atoms with E-state index in [4.69, 9.17) is 5.21 Å². The summed E-state index contributed by atoms with van der Waals surface area (Å²) in [4.78, 5) is 37.8. The summed E-state index contributed by atoms with van der Waals surface area (Å²) >= 11 is 0. The molecule has 4 saturated carbocycles. The SMILES string of the molecule is CNC(=O)C(NC(=O)C(CC(C)C)C(O)C(=O)NO)C12CC3CC(CC(C3)C1)C2. The fourth-order valence-corrected chi connectivity index (χ4v) is 6.56. The molecule has 8 nitrogen and oxygen atoms in total. The van der Waals surface area contributed by atoms with Crippen molar-refractivity contribution in [3.05, 3.63) is 0 Å². The Morgan fingerprint density at radius 1 is 0.966 bits per heavy atom. The molecule has 0 spiro atoms. The molecule has 8 heteroatoms. The summed E-state index contributed by atoms with van der Waals surface area (Å²) in [5.74, 6) is -0.901. The molecule has 4 bridgehead atoms. The van der Waals surface area contributed by atoms with Gasteiger partial charge in [-0.2, -0.15) is 0 Å². The number of aliphatic hydroxyl groups is 1. The highest BCUT2D eigenvalue weighted by Gasteiger charge is 2.56. The van der Waals surface area contributed by atoms with Gasteiger partial charge >= 0.3 is 0 Å². The molecule has 3 atom stereocenters. The number of amides is 3. The Morgan fingerprint density at radius 2 is 1.48 bits per heavy atom. The van der Waals surface area contributed by atoms with Gasteiger partial charge in [0, 0.05) is 12.5 Å². The Labute approximate surface area is 172 Å². The van der Waals surface area contributed by atoms with Crippen molar-refractivity contribution in [1.82, 2.24) is 16.1 Å². The van der Waals surface area contributed by atoms with E-state index in [0.29, 0.717) is 17.8 Å². The first-order chi connectivity index (χ1) is 13.7. The lowest BCUT2D eigenvalue weighted by molar-refractivity contribution is -0.150. The van der Waals surface area contributed by atoms with E-state index >= 15 is 0 Å². The summed E-state index contributed by atoms with van der Waals surface area (Å²) in [6.07, 6.45) is 5.06. The molecule has 5 N–H and O–H groups in total. The normalized spacial score (nSPS) is 33.1. The van der Waals surface area contributed by atoms with E-state index in [0.717, 1.165) is 19.3 Å². The predicted octanol–water partition coefficient (Wildman–Crippen LogP) is 0.962. The van der Waals surface area contributed by atoms with Crippen LogP contribution in [-0.2, 0) is 14.4 Å². The molecule has 3 amide bonds. The van der Waals surface area contributed by atoms with Crippen LogP contribution < -0.4 is 16.1 Å². The Hall–Kier alpha value is -1.67. The van der Waals surface area contributed by atoms with E-state index in [9.17, 15) is 19.5 Å². The predicted molar refractivity (Wildman–Crippen MR) is 105 cm³/mol. The number of carbonyl (C=O) groups excluding carboxylic acids is 3. The van der Waals surface area contributed by atoms with Gasteiger partial charge in [-0.3, -0.25) is 19.6 Å². The summed E-state index contributed by atoms with van der Waals surface area (Å²) in [5, 5.41) is 24.8. The van der Waals surface area contributed by atoms with Gasteiger partial charge in [0.05, 0.1) is 5.92 Å². The molecule has 0 aromatic rings. The number of aliphatic hydroxyl groups excluding tert-OH is 1. The van der Waals surface area contributed by atoms with Crippen LogP contribution in [0.25, 0.3) is 0 Å². The lowest BCUT2D eigenvalue weighted by atomic mass is 9.47. The summed E-state index contributed by atoms with van der Waals surface area (Å²) in [5.41, 5.74) is 1.17. The van der Waals surface area contributed by atoms with Crippen LogP contribution in [0.2, 0.25) is 0 Å².